The van der Waals surface area contributed by atoms with Crippen molar-refractivity contribution in [2.24, 2.45) is 5.10 Å². The predicted octanol–water partition coefficient (Wildman–Crippen LogP) is 5.35. The smallest absolute Gasteiger partial charge is 0.345 e. The first-order valence-corrected chi connectivity index (χ1v) is 23.1. The van der Waals surface area contributed by atoms with Crippen molar-refractivity contribution in [2.75, 3.05) is 45.4 Å². The fourth-order valence-electron chi connectivity index (χ4n) is 7.42. The lowest BCUT2D eigenvalue weighted by Gasteiger charge is -2.41. The third-order valence-corrected chi connectivity index (χ3v) is 15.1. The number of non-ortho nitro benzene ring substituents is 1. The van der Waals surface area contributed by atoms with E-state index >= 15 is 0 Å². The second-order valence-electron chi connectivity index (χ2n) is 15.0. The third-order valence-electron chi connectivity index (χ3n) is 11.0. The fourth-order valence-corrected chi connectivity index (χ4v) is 11.3. The van der Waals surface area contributed by atoms with Gasteiger partial charge in [-0.3, -0.25) is 29.4 Å². The summed E-state index contributed by atoms with van der Waals surface area (Å²) in [5.74, 6) is -1.08. The number of carbonyl (C=O) groups excluding carboxylic acids is 5. The number of β-lactam (4-membered cyclic amide) rings is 1. The summed E-state index contributed by atoms with van der Waals surface area (Å²) in [5.41, 5.74) is 2.13. The van der Waals surface area contributed by atoms with Gasteiger partial charge < -0.3 is 33.9 Å². The first-order chi connectivity index (χ1) is 31.5. The lowest BCUT2D eigenvalue weighted by atomic mass is 9.96. The number of esters is 2. The molecule has 1 unspecified atom stereocenters. The molecule has 4 saturated heterocycles. The van der Waals surface area contributed by atoms with Gasteiger partial charge in [-0.15, -0.1) is 0 Å². The van der Waals surface area contributed by atoms with Gasteiger partial charge in [-0.2, -0.15) is 5.10 Å². The van der Waals surface area contributed by atoms with Crippen LogP contribution in [0, 0.1) is 10.1 Å². The molecule has 0 aliphatic carbocycles. The summed E-state index contributed by atoms with van der Waals surface area (Å²) in [6, 6.07) is 24.4. The molecule has 18 nitrogen and oxygen atoms in total. The number of nitro groups is 1. The minimum atomic E-state index is -1.75. The molecular weight excluding hydrogens is 901 g/mol. The first kappa shape index (κ1) is 45.1. The van der Waals surface area contributed by atoms with E-state index in [2.05, 4.69) is 10.4 Å². The van der Waals surface area contributed by atoms with Gasteiger partial charge in [0.25, 0.3) is 5.69 Å². The molecule has 0 radical (unpaired) electrons. The topological polar surface area (TPSA) is 209 Å². The van der Waals surface area contributed by atoms with Gasteiger partial charge >= 0.3 is 18.0 Å². The number of fused-ring (bicyclic) bond motifs is 1. The molecule has 4 aromatic rings. The van der Waals surface area contributed by atoms with E-state index in [0.29, 0.717) is 28.4 Å². The van der Waals surface area contributed by atoms with E-state index < -0.39 is 56.9 Å². The summed E-state index contributed by atoms with van der Waals surface area (Å²) in [6.07, 6.45) is 0. The maximum absolute atomic E-state index is 14.3. The molecule has 338 valence electrons. The summed E-state index contributed by atoms with van der Waals surface area (Å²) in [7, 11) is 3.12. The number of ether oxygens (including phenoxy) is 5. The first-order valence-electron chi connectivity index (χ1n) is 20.2. The van der Waals surface area contributed by atoms with E-state index in [9.17, 15) is 34.1 Å². The number of nitrogens with one attached hydrogen (secondary N) is 1. The molecule has 4 aromatic carbocycles. The number of carbonyl (C=O) groups is 5. The highest BCUT2D eigenvalue weighted by atomic mass is 32.2. The van der Waals surface area contributed by atoms with Gasteiger partial charge in [-0.1, -0.05) is 71.7 Å². The number of amides is 4. The van der Waals surface area contributed by atoms with E-state index in [1.165, 1.54) is 69.7 Å². The highest BCUT2D eigenvalue weighted by molar-refractivity contribution is 8.41. The van der Waals surface area contributed by atoms with E-state index in [4.69, 9.17) is 23.7 Å². The monoisotopic (exact) mass is 942 g/mol. The Morgan fingerprint density at radius 1 is 0.800 bits per heavy atom. The zero-order chi connectivity index (χ0) is 45.7. The van der Waals surface area contributed by atoms with Crippen LogP contribution in [0.15, 0.2) is 102 Å². The van der Waals surface area contributed by atoms with E-state index in [-0.39, 0.29) is 50.7 Å². The number of methoxy groups -OCH3 is 2. The van der Waals surface area contributed by atoms with Crippen molar-refractivity contribution < 1.29 is 52.6 Å². The van der Waals surface area contributed by atoms with Crippen LogP contribution >= 0.6 is 35.3 Å². The number of rotatable bonds is 17. The molecule has 0 saturated carbocycles. The number of nitrogens with zero attached hydrogens (tertiary/aromatic N) is 5. The summed E-state index contributed by atoms with van der Waals surface area (Å²) >= 11 is 4.04. The molecule has 65 heavy (non-hydrogen) atoms. The summed E-state index contributed by atoms with van der Waals surface area (Å²) in [5, 5.41) is 18.9. The van der Waals surface area contributed by atoms with Crippen LogP contribution < -0.4 is 19.5 Å². The molecule has 8 rings (SSSR count). The van der Waals surface area contributed by atoms with Gasteiger partial charge in [0.05, 0.1) is 32.2 Å². The normalized spacial score (nSPS) is 20.4. The van der Waals surface area contributed by atoms with E-state index in [1.807, 2.05) is 24.3 Å². The van der Waals surface area contributed by atoms with Gasteiger partial charge in [-0.05, 0) is 70.8 Å². The summed E-state index contributed by atoms with van der Waals surface area (Å²) in [6.45, 7) is -0.179. The standard InChI is InChI=1S/C44H42N6O12S3/c1-58-32-13-5-28(6-14-32)23-60-34-17-9-30(10-18-34)35(40(53)61-24-29-7-15-33(59-2)16-8-29)37(51)45-36-38(52)47-26-44(65-39(36)47,41(54)62-25-27-3-11-31(12-4-27)50(56)57)48-19-20-49(43(48)55)46-42-63-21-22-64-42/h3-18,35-36,39H,19-26H2,1-2H3,(H,45,51)/t35?,36-,39-,44-/m1/s1. The van der Waals surface area contributed by atoms with Gasteiger partial charge in [0.2, 0.25) is 16.7 Å². The highest BCUT2D eigenvalue weighted by Gasteiger charge is 2.67. The van der Waals surface area contributed by atoms with Crippen molar-refractivity contribution in [1.29, 1.82) is 0 Å². The number of hydrogen-bond donors (Lipinski definition) is 1. The van der Waals surface area contributed by atoms with Crippen LogP contribution in [0.25, 0.3) is 0 Å². The van der Waals surface area contributed by atoms with Crippen molar-refractivity contribution in [3.8, 4) is 17.2 Å². The SMILES string of the molecule is COc1ccc(COC(=O)C(C(=O)N[C@@H]2C(=O)N3C[C@@](C(=O)OCc4ccc([N+](=O)[O-])cc4)(N4CCN(N=C5SCCS5)C4=O)S[C@H]23)c2ccc(OCc3ccc(OC)cc3)cc2)cc1. The number of benzene rings is 4. The molecule has 4 atom stereocenters. The lowest BCUT2D eigenvalue weighted by molar-refractivity contribution is -0.384. The zero-order valence-electron chi connectivity index (χ0n) is 35.0. The molecule has 1 N–H and O–H groups in total. The van der Waals surface area contributed by atoms with Crippen LogP contribution in [0.5, 0.6) is 17.2 Å². The van der Waals surface area contributed by atoms with Crippen LogP contribution in [-0.4, -0.2) is 116 Å². The molecule has 4 amide bonds. The largest absolute Gasteiger partial charge is 0.497 e. The Bertz CT molecular complexity index is 2470. The molecule has 4 aliphatic rings. The van der Waals surface area contributed by atoms with Crippen LogP contribution in [0.1, 0.15) is 28.2 Å². The van der Waals surface area contributed by atoms with Crippen LogP contribution in [0.4, 0.5) is 10.5 Å². The Balaban J connectivity index is 1.01. The second kappa shape index (κ2) is 19.7. The lowest BCUT2D eigenvalue weighted by Crippen LogP contribution is -2.68. The Hall–Kier alpha value is -6.45. The van der Waals surface area contributed by atoms with Crippen molar-refractivity contribution >= 4 is 75.1 Å². The quantitative estimate of drug-likeness (QED) is 0.0466. The average Bonchev–Trinajstić information content (AvgIpc) is 4.08. The predicted molar refractivity (Wildman–Crippen MR) is 241 cm³/mol. The Morgan fingerprint density at radius 2 is 1.37 bits per heavy atom. The molecular formula is C44H42N6O12S3. The Morgan fingerprint density at radius 3 is 1.97 bits per heavy atom. The molecule has 0 aromatic heterocycles. The van der Waals surface area contributed by atoms with Gasteiger partial charge in [0.15, 0.2) is 10.3 Å². The van der Waals surface area contributed by atoms with Crippen LogP contribution in [0.3, 0.4) is 0 Å². The van der Waals surface area contributed by atoms with Gasteiger partial charge in [0.1, 0.15) is 48.5 Å². The zero-order valence-corrected chi connectivity index (χ0v) is 37.4. The number of hydrazone groups is 1. The molecule has 0 spiro atoms. The number of urea groups is 1. The number of nitro benzene ring substituents is 1. The maximum Gasteiger partial charge on any atom is 0.345 e. The third kappa shape index (κ3) is 9.81. The molecule has 0 bridgehead atoms. The molecule has 4 heterocycles. The molecule has 21 heteroatoms. The summed E-state index contributed by atoms with van der Waals surface area (Å²) < 4.78 is 28.6. The number of thioether (sulfide) groups is 3. The fraction of sp³-hybridized carbons (Fsp3) is 0.318. The van der Waals surface area contributed by atoms with Crippen molar-refractivity contribution in [2.45, 2.75) is 42.0 Å². The summed E-state index contributed by atoms with van der Waals surface area (Å²) in [4.78, 5) is 82.1. The Kier molecular flexibility index (Phi) is 13.7. The van der Waals surface area contributed by atoms with E-state index in [1.54, 1.807) is 55.6 Å². The minimum absolute atomic E-state index is 0.0816. The maximum atomic E-state index is 14.3. The Labute approximate surface area is 385 Å². The van der Waals surface area contributed by atoms with E-state index in [0.717, 1.165) is 33.2 Å². The molecule has 4 aliphatic heterocycles. The van der Waals surface area contributed by atoms with Crippen LogP contribution in [-0.2, 0) is 48.5 Å². The van der Waals surface area contributed by atoms with Crippen LogP contribution in [0.2, 0.25) is 0 Å². The van der Waals surface area contributed by atoms with Crippen molar-refractivity contribution in [3.05, 3.63) is 129 Å². The van der Waals surface area contributed by atoms with Gasteiger partial charge in [0, 0.05) is 30.2 Å². The van der Waals surface area contributed by atoms with Crippen molar-refractivity contribution in [3.63, 3.8) is 0 Å². The van der Waals surface area contributed by atoms with Gasteiger partial charge in [-0.25, -0.2) is 14.6 Å². The second-order valence-corrected chi connectivity index (χ2v) is 18.8. The highest BCUT2D eigenvalue weighted by Crippen LogP contribution is 2.50. The number of hydrogen-bond acceptors (Lipinski definition) is 16. The molecule has 4 fully saturated rings. The minimum Gasteiger partial charge on any atom is -0.497 e. The average molecular weight is 943 g/mol. The van der Waals surface area contributed by atoms with Crippen molar-refractivity contribution in [1.82, 2.24) is 20.1 Å².